The molecule has 2 aromatic rings. The Morgan fingerprint density at radius 2 is 1.54 bits per heavy atom. The molecule has 2 atom stereocenters. The third-order valence-electron chi connectivity index (χ3n) is 4.22. The van der Waals surface area contributed by atoms with Gasteiger partial charge in [-0.25, -0.2) is 8.78 Å². The first kappa shape index (κ1) is 19.8. The van der Waals surface area contributed by atoms with Gasteiger partial charge in [-0.05, 0) is 36.1 Å². The SMILES string of the molecule is CC(C)C(C(=O)[C@H](C)NC(=O)Cc1cc(F)cc(F)c1)c1ccccc1. The lowest BCUT2D eigenvalue weighted by atomic mass is 9.82. The topological polar surface area (TPSA) is 46.2 Å². The first-order valence-corrected chi connectivity index (χ1v) is 8.61. The number of halogens is 2. The zero-order valence-electron chi connectivity index (χ0n) is 15.1. The lowest BCUT2D eigenvalue weighted by Gasteiger charge is -2.24. The maximum absolute atomic E-state index is 13.2. The van der Waals surface area contributed by atoms with Crippen molar-refractivity contribution in [1.82, 2.24) is 5.32 Å². The monoisotopic (exact) mass is 359 g/mol. The van der Waals surface area contributed by atoms with Crippen molar-refractivity contribution in [3.63, 3.8) is 0 Å². The van der Waals surface area contributed by atoms with E-state index in [0.717, 1.165) is 23.8 Å². The fraction of sp³-hybridized carbons (Fsp3) is 0.333. The summed E-state index contributed by atoms with van der Waals surface area (Å²) in [5.74, 6) is -2.28. The van der Waals surface area contributed by atoms with E-state index >= 15 is 0 Å². The van der Waals surface area contributed by atoms with Gasteiger partial charge in [0.15, 0.2) is 5.78 Å². The molecule has 0 aliphatic heterocycles. The second-order valence-electron chi connectivity index (χ2n) is 6.78. The van der Waals surface area contributed by atoms with Crippen molar-refractivity contribution in [1.29, 1.82) is 0 Å². The van der Waals surface area contributed by atoms with Crippen LogP contribution in [-0.2, 0) is 16.0 Å². The fourth-order valence-electron chi connectivity index (χ4n) is 3.07. The average Bonchev–Trinajstić information content (AvgIpc) is 2.54. The third kappa shape index (κ3) is 5.22. The maximum Gasteiger partial charge on any atom is 0.224 e. The highest BCUT2D eigenvalue weighted by Crippen LogP contribution is 2.26. The van der Waals surface area contributed by atoms with E-state index in [9.17, 15) is 18.4 Å². The largest absolute Gasteiger partial charge is 0.346 e. The van der Waals surface area contributed by atoms with E-state index in [4.69, 9.17) is 0 Å². The van der Waals surface area contributed by atoms with Gasteiger partial charge in [-0.3, -0.25) is 9.59 Å². The Balaban J connectivity index is 2.06. The van der Waals surface area contributed by atoms with Crippen LogP contribution < -0.4 is 5.32 Å². The van der Waals surface area contributed by atoms with E-state index in [1.165, 1.54) is 0 Å². The highest BCUT2D eigenvalue weighted by Gasteiger charge is 2.28. The molecule has 0 heterocycles. The average molecular weight is 359 g/mol. The Hall–Kier alpha value is -2.56. The van der Waals surface area contributed by atoms with E-state index < -0.39 is 23.6 Å². The Morgan fingerprint density at radius 3 is 2.08 bits per heavy atom. The molecule has 5 heteroatoms. The quantitative estimate of drug-likeness (QED) is 0.812. The molecule has 0 fully saturated rings. The van der Waals surface area contributed by atoms with Crippen LogP contribution in [0.25, 0.3) is 0 Å². The van der Waals surface area contributed by atoms with Crippen LogP contribution in [0.4, 0.5) is 8.78 Å². The van der Waals surface area contributed by atoms with E-state index in [1.54, 1.807) is 6.92 Å². The van der Waals surface area contributed by atoms with Gasteiger partial charge in [0.05, 0.1) is 12.5 Å². The highest BCUT2D eigenvalue weighted by atomic mass is 19.1. The summed E-state index contributed by atoms with van der Waals surface area (Å²) in [6.07, 6.45) is -0.190. The molecule has 1 unspecified atom stereocenters. The number of ketones is 1. The van der Waals surface area contributed by atoms with Crippen molar-refractivity contribution in [3.05, 3.63) is 71.3 Å². The summed E-state index contributed by atoms with van der Waals surface area (Å²) in [6.45, 7) is 5.55. The highest BCUT2D eigenvalue weighted by molar-refractivity contribution is 5.93. The first-order chi connectivity index (χ1) is 12.3. The number of Topliss-reactive ketones (excluding diaryl/α,β-unsaturated/α-hetero) is 1. The van der Waals surface area contributed by atoms with Crippen LogP contribution in [0, 0.1) is 17.6 Å². The molecule has 0 saturated carbocycles. The Kier molecular flexibility index (Phi) is 6.61. The molecule has 0 aliphatic rings. The standard InChI is InChI=1S/C21H23F2NO2/c1-13(2)20(16-7-5-4-6-8-16)21(26)14(3)24-19(25)11-15-9-17(22)12-18(23)10-15/h4-10,12-14,20H,11H2,1-3H3,(H,24,25)/t14-,20?/m0/s1. The van der Waals surface area contributed by atoms with Crippen molar-refractivity contribution < 1.29 is 18.4 Å². The van der Waals surface area contributed by atoms with Gasteiger partial charge in [0.1, 0.15) is 11.6 Å². The summed E-state index contributed by atoms with van der Waals surface area (Å²) in [6, 6.07) is 11.7. The number of rotatable bonds is 7. The molecule has 0 bridgehead atoms. The zero-order chi connectivity index (χ0) is 19.3. The van der Waals surface area contributed by atoms with Crippen molar-refractivity contribution in [2.24, 2.45) is 5.92 Å². The molecule has 0 aliphatic carbocycles. The number of carbonyl (C=O) groups excluding carboxylic acids is 2. The van der Waals surface area contributed by atoms with Crippen molar-refractivity contribution in [2.75, 3.05) is 0 Å². The van der Waals surface area contributed by atoms with Crippen molar-refractivity contribution in [2.45, 2.75) is 39.2 Å². The van der Waals surface area contributed by atoms with Gasteiger partial charge in [0.2, 0.25) is 5.91 Å². The molecule has 1 N–H and O–H groups in total. The summed E-state index contributed by atoms with van der Waals surface area (Å²) in [7, 11) is 0. The first-order valence-electron chi connectivity index (χ1n) is 8.61. The maximum atomic E-state index is 13.2. The normalized spacial score (nSPS) is 13.3. The van der Waals surface area contributed by atoms with Crippen LogP contribution in [0.15, 0.2) is 48.5 Å². The summed E-state index contributed by atoms with van der Waals surface area (Å²) >= 11 is 0. The third-order valence-corrected chi connectivity index (χ3v) is 4.22. The van der Waals surface area contributed by atoms with Crippen LogP contribution in [0.5, 0.6) is 0 Å². The van der Waals surface area contributed by atoms with Gasteiger partial charge in [-0.2, -0.15) is 0 Å². The van der Waals surface area contributed by atoms with E-state index in [2.05, 4.69) is 5.32 Å². The zero-order valence-corrected chi connectivity index (χ0v) is 15.1. The van der Waals surface area contributed by atoms with Crippen LogP contribution in [-0.4, -0.2) is 17.7 Å². The van der Waals surface area contributed by atoms with Crippen molar-refractivity contribution >= 4 is 11.7 Å². The van der Waals surface area contributed by atoms with E-state index in [0.29, 0.717) is 0 Å². The van der Waals surface area contributed by atoms with Crippen molar-refractivity contribution in [3.8, 4) is 0 Å². The molecule has 138 valence electrons. The summed E-state index contributed by atoms with van der Waals surface area (Å²) < 4.78 is 26.5. The predicted octanol–water partition coefficient (Wildman–Crippen LogP) is 4.02. The summed E-state index contributed by atoms with van der Waals surface area (Å²) in [5, 5.41) is 2.64. The minimum Gasteiger partial charge on any atom is -0.346 e. The number of benzene rings is 2. The minimum absolute atomic E-state index is 0.0709. The van der Waals surface area contributed by atoms with E-state index in [1.807, 2.05) is 44.2 Å². The predicted molar refractivity (Wildman–Crippen MR) is 96.7 cm³/mol. The van der Waals surface area contributed by atoms with Gasteiger partial charge in [-0.15, -0.1) is 0 Å². The molecular formula is C21H23F2NO2. The fourth-order valence-corrected chi connectivity index (χ4v) is 3.07. The van der Waals surface area contributed by atoms with Crippen LogP contribution in [0.2, 0.25) is 0 Å². The minimum atomic E-state index is -0.735. The summed E-state index contributed by atoms with van der Waals surface area (Å²) in [4.78, 5) is 25.0. The van der Waals surface area contributed by atoms with Crippen LogP contribution in [0.3, 0.4) is 0 Å². The number of amides is 1. The molecule has 3 nitrogen and oxygen atoms in total. The Labute approximate surface area is 152 Å². The van der Waals surface area contributed by atoms with Gasteiger partial charge in [-0.1, -0.05) is 44.2 Å². The molecule has 0 radical (unpaired) electrons. The number of hydrogen-bond acceptors (Lipinski definition) is 2. The molecule has 1 amide bonds. The second kappa shape index (κ2) is 8.70. The Bertz CT molecular complexity index is 755. The van der Waals surface area contributed by atoms with Gasteiger partial charge in [0.25, 0.3) is 0 Å². The number of hydrogen-bond donors (Lipinski definition) is 1. The number of nitrogens with one attached hydrogen (secondary N) is 1. The van der Waals surface area contributed by atoms with Gasteiger partial charge >= 0.3 is 0 Å². The van der Waals surface area contributed by atoms with Crippen LogP contribution >= 0.6 is 0 Å². The second-order valence-corrected chi connectivity index (χ2v) is 6.78. The lowest BCUT2D eigenvalue weighted by Crippen LogP contribution is -2.42. The molecule has 2 aromatic carbocycles. The molecule has 2 rings (SSSR count). The number of carbonyl (C=O) groups is 2. The molecule has 0 aromatic heterocycles. The lowest BCUT2D eigenvalue weighted by molar-refractivity contribution is -0.128. The molecular weight excluding hydrogens is 336 g/mol. The Morgan fingerprint density at radius 1 is 0.962 bits per heavy atom. The van der Waals surface area contributed by atoms with Gasteiger partial charge < -0.3 is 5.32 Å². The smallest absolute Gasteiger partial charge is 0.224 e. The van der Waals surface area contributed by atoms with Gasteiger partial charge in [0, 0.05) is 12.0 Å². The molecule has 0 saturated heterocycles. The summed E-state index contributed by atoms with van der Waals surface area (Å²) in [5.41, 5.74) is 1.13. The van der Waals surface area contributed by atoms with E-state index in [-0.39, 0.29) is 29.6 Å². The van der Waals surface area contributed by atoms with Crippen LogP contribution in [0.1, 0.15) is 37.8 Å². The molecule has 0 spiro atoms. The molecule has 26 heavy (non-hydrogen) atoms.